The number of ether oxygens (including phenoxy) is 1. The lowest BCUT2D eigenvalue weighted by Gasteiger charge is -2.24. The van der Waals surface area contributed by atoms with Gasteiger partial charge in [-0.05, 0) is 25.9 Å². The Balaban J connectivity index is 1.70. The quantitative estimate of drug-likeness (QED) is 0.870. The summed E-state index contributed by atoms with van der Waals surface area (Å²) in [5, 5.41) is 8.92. The molecule has 24 heavy (non-hydrogen) atoms. The first-order chi connectivity index (χ1) is 11.6. The number of piperidine rings is 1. The second-order valence-electron chi connectivity index (χ2n) is 6.12. The number of nitrogens with one attached hydrogen (secondary N) is 2. The van der Waals surface area contributed by atoms with E-state index in [1.54, 1.807) is 23.8 Å². The van der Waals surface area contributed by atoms with Gasteiger partial charge in [0.1, 0.15) is 23.2 Å². The maximum absolute atomic E-state index is 12.4. The Bertz CT molecular complexity index is 695. The second-order valence-corrected chi connectivity index (χ2v) is 7.01. The zero-order chi connectivity index (χ0) is 16.9. The largest absolute Gasteiger partial charge is 0.488 e. The van der Waals surface area contributed by atoms with E-state index in [0.717, 1.165) is 30.9 Å². The van der Waals surface area contributed by atoms with Crippen LogP contribution in [0.3, 0.4) is 0 Å². The minimum atomic E-state index is -0.235. The van der Waals surface area contributed by atoms with Crippen molar-refractivity contribution in [3.05, 3.63) is 34.5 Å². The van der Waals surface area contributed by atoms with E-state index in [4.69, 9.17) is 4.74 Å². The molecule has 3 heterocycles. The van der Waals surface area contributed by atoms with Gasteiger partial charge >= 0.3 is 0 Å². The highest BCUT2D eigenvalue weighted by molar-refractivity contribution is 7.09. The Morgan fingerprint density at radius 3 is 2.92 bits per heavy atom. The molecule has 3 rings (SSSR count). The summed E-state index contributed by atoms with van der Waals surface area (Å²) < 4.78 is 6.05. The van der Waals surface area contributed by atoms with Crippen molar-refractivity contribution in [1.82, 2.24) is 15.3 Å². The van der Waals surface area contributed by atoms with Gasteiger partial charge in [0, 0.05) is 23.6 Å². The minimum Gasteiger partial charge on any atom is -0.488 e. The molecule has 1 aliphatic rings. The number of hydrogen-bond acceptors (Lipinski definition) is 6. The SMILES string of the molecule is CC(C)c1nc(C(=O)Nc2cnccc2OC2CCNCC2)cs1. The number of carbonyl (C=O) groups excluding carboxylic acids is 1. The monoisotopic (exact) mass is 346 g/mol. The van der Waals surface area contributed by atoms with E-state index in [1.807, 2.05) is 0 Å². The van der Waals surface area contributed by atoms with E-state index in [0.29, 0.717) is 23.0 Å². The molecular weight excluding hydrogens is 324 g/mol. The lowest BCUT2D eigenvalue weighted by atomic mass is 10.1. The summed E-state index contributed by atoms with van der Waals surface area (Å²) in [4.78, 5) is 20.9. The van der Waals surface area contributed by atoms with Gasteiger partial charge < -0.3 is 15.4 Å². The topological polar surface area (TPSA) is 76.1 Å². The van der Waals surface area contributed by atoms with Crippen LogP contribution in [-0.4, -0.2) is 35.1 Å². The van der Waals surface area contributed by atoms with Crippen molar-refractivity contribution in [3.63, 3.8) is 0 Å². The molecule has 128 valence electrons. The summed E-state index contributed by atoms with van der Waals surface area (Å²) in [5.41, 5.74) is 1.01. The van der Waals surface area contributed by atoms with Crippen molar-refractivity contribution in [2.75, 3.05) is 18.4 Å². The lowest BCUT2D eigenvalue weighted by Crippen LogP contribution is -2.34. The van der Waals surface area contributed by atoms with Crippen LogP contribution in [-0.2, 0) is 0 Å². The number of amides is 1. The fourth-order valence-corrected chi connectivity index (χ4v) is 3.33. The number of carbonyl (C=O) groups is 1. The van der Waals surface area contributed by atoms with Crippen LogP contribution in [0.2, 0.25) is 0 Å². The molecule has 1 amide bonds. The smallest absolute Gasteiger partial charge is 0.275 e. The molecule has 2 aromatic heterocycles. The molecule has 1 aliphatic heterocycles. The normalized spacial score (nSPS) is 15.5. The average Bonchev–Trinajstić information content (AvgIpc) is 3.08. The van der Waals surface area contributed by atoms with Crippen LogP contribution in [0.1, 0.15) is 48.1 Å². The van der Waals surface area contributed by atoms with Gasteiger partial charge in [0.15, 0.2) is 0 Å². The van der Waals surface area contributed by atoms with Crippen LogP contribution in [0.5, 0.6) is 5.75 Å². The zero-order valence-electron chi connectivity index (χ0n) is 13.9. The fourth-order valence-electron chi connectivity index (χ4n) is 2.51. The van der Waals surface area contributed by atoms with Crippen LogP contribution < -0.4 is 15.4 Å². The lowest BCUT2D eigenvalue weighted by molar-refractivity contribution is 0.102. The summed E-state index contributed by atoms with van der Waals surface area (Å²) in [6.45, 7) is 6.03. The molecule has 0 radical (unpaired) electrons. The molecule has 0 spiro atoms. The number of rotatable bonds is 5. The minimum absolute atomic E-state index is 0.163. The summed E-state index contributed by atoms with van der Waals surface area (Å²) >= 11 is 1.50. The Labute approximate surface area is 145 Å². The third kappa shape index (κ3) is 4.10. The Kier molecular flexibility index (Phi) is 5.42. The van der Waals surface area contributed by atoms with Gasteiger partial charge in [-0.15, -0.1) is 11.3 Å². The van der Waals surface area contributed by atoms with Crippen molar-refractivity contribution in [1.29, 1.82) is 0 Å². The Morgan fingerprint density at radius 2 is 2.21 bits per heavy atom. The number of thiazole rings is 1. The first-order valence-corrected chi connectivity index (χ1v) is 9.09. The predicted octanol–water partition coefficient (Wildman–Crippen LogP) is 3.04. The maximum Gasteiger partial charge on any atom is 0.275 e. The molecule has 0 aromatic carbocycles. The number of anilines is 1. The first-order valence-electron chi connectivity index (χ1n) is 8.21. The van der Waals surface area contributed by atoms with E-state index in [2.05, 4.69) is 34.4 Å². The summed E-state index contributed by atoms with van der Waals surface area (Å²) in [6, 6.07) is 1.79. The van der Waals surface area contributed by atoms with Crippen molar-refractivity contribution in [2.45, 2.75) is 38.7 Å². The third-order valence-corrected chi connectivity index (χ3v) is 5.00. The molecule has 2 aromatic rings. The highest BCUT2D eigenvalue weighted by Crippen LogP contribution is 2.27. The van der Waals surface area contributed by atoms with E-state index in [1.165, 1.54) is 11.3 Å². The van der Waals surface area contributed by atoms with Gasteiger partial charge in [-0.3, -0.25) is 9.78 Å². The van der Waals surface area contributed by atoms with Gasteiger partial charge in [-0.25, -0.2) is 4.98 Å². The van der Waals surface area contributed by atoms with Crippen molar-refractivity contribution < 1.29 is 9.53 Å². The highest BCUT2D eigenvalue weighted by Gasteiger charge is 2.18. The van der Waals surface area contributed by atoms with E-state index in [9.17, 15) is 4.79 Å². The highest BCUT2D eigenvalue weighted by atomic mass is 32.1. The maximum atomic E-state index is 12.4. The fraction of sp³-hybridized carbons (Fsp3) is 0.471. The molecule has 6 nitrogen and oxygen atoms in total. The Hall–Kier alpha value is -1.99. The van der Waals surface area contributed by atoms with Crippen LogP contribution in [0.25, 0.3) is 0 Å². The molecule has 2 N–H and O–H groups in total. The zero-order valence-corrected chi connectivity index (χ0v) is 14.7. The number of hydrogen-bond donors (Lipinski definition) is 2. The number of nitrogens with zero attached hydrogens (tertiary/aromatic N) is 2. The standard InChI is InChI=1S/C17H22N4O2S/c1-11(2)17-21-14(10-24-17)16(22)20-13-9-19-8-5-15(13)23-12-3-6-18-7-4-12/h5,8-12,18H,3-4,6-7H2,1-2H3,(H,20,22). The third-order valence-electron chi connectivity index (χ3n) is 3.86. The number of pyridine rings is 1. The summed E-state index contributed by atoms with van der Waals surface area (Å²) in [5.74, 6) is 0.736. The molecule has 0 bridgehead atoms. The molecule has 1 saturated heterocycles. The van der Waals surface area contributed by atoms with Gasteiger partial charge in [-0.1, -0.05) is 13.8 Å². The Morgan fingerprint density at radius 1 is 1.42 bits per heavy atom. The molecular formula is C17H22N4O2S. The van der Waals surface area contributed by atoms with Crippen molar-refractivity contribution in [2.24, 2.45) is 0 Å². The van der Waals surface area contributed by atoms with Crippen LogP contribution in [0.4, 0.5) is 5.69 Å². The van der Waals surface area contributed by atoms with Gasteiger partial charge in [-0.2, -0.15) is 0 Å². The van der Waals surface area contributed by atoms with Crippen LogP contribution in [0, 0.1) is 0 Å². The molecule has 0 unspecified atom stereocenters. The van der Waals surface area contributed by atoms with Crippen molar-refractivity contribution in [3.8, 4) is 5.75 Å². The summed E-state index contributed by atoms with van der Waals surface area (Å²) in [7, 11) is 0. The molecule has 7 heteroatoms. The predicted molar refractivity (Wildman–Crippen MR) is 94.9 cm³/mol. The van der Waals surface area contributed by atoms with E-state index >= 15 is 0 Å². The average molecular weight is 346 g/mol. The van der Waals surface area contributed by atoms with Gasteiger partial charge in [0.25, 0.3) is 5.91 Å². The van der Waals surface area contributed by atoms with E-state index in [-0.39, 0.29) is 12.0 Å². The molecule has 0 aliphatic carbocycles. The second kappa shape index (κ2) is 7.72. The van der Waals surface area contributed by atoms with Crippen LogP contribution in [0.15, 0.2) is 23.8 Å². The molecule has 0 atom stereocenters. The number of aromatic nitrogens is 2. The van der Waals surface area contributed by atoms with Gasteiger partial charge in [0.05, 0.1) is 11.2 Å². The first kappa shape index (κ1) is 16.9. The molecule has 1 fully saturated rings. The van der Waals surface area contributed by atoms with Crippen molar-refractivity contribution >= 4 is 22.9 Å². The van der Waals surface area contributed by atoms with Crippen LogP contribution >= 0.6 is 11.3 Å². The van der Waals surface area contributed by atoms with E-state index < -0.39 is 0 Å². The summed E-state index contributed by atoms with van der Waals surface area (Å²) in [6.07, 6.45) is 5.37. The molecule has 0 saturated carbocycles. The van der Waals surface area contributed by atoms with Gasteiger partial charge in [0.2, 0.25) is 0 Å².